The van der Waals surface area contributed by atoms with Gasteiger partial charge in [-0.3, -0.25) is 4.79 Å². The Labute approximate surface area is 98.1 Å². The number of hydrogen-bond acceptors (Lipinski definition) is 3. The highest BCUT2D eigenvalue weighted by Crippen LogP contribution is 2.19. The molecule has 0 bridgehead atoms. The zero-order valence-electron chi connectivity index (χ0n) is 8.51. The van der Waals surface area contributed by atoms with Crippen LogP contribution in [0.15, 0.2) is 24.3 Å². The van der Waals surface area contributed by atoms with Crippen LogP contribution in [0, 0.1) is 0 Å². The lowest BCUT2D eigenvalue weighted by molar-refractivity contribution is -0.141. The molecule has 0 amide bonds. The molecule has 16 heavy (non-hydrogen) atoms. The Morgan fingerprint density at radius 1 is 1.25 bits per heavy atom. The van der Waals surface area contributed by atoms with E-state index in [1.54, 1.807) is 24.3 Å². The first-order valence-electron chi connectivity index (χ1n) is 4.77. The van der Waals surface area contributed by atoms with Gasteiger partial charge in [-0.15, -0.1) is 11.6 Å². The summed E-state index contributed by atoms with van der Waals surface area (Å²) in [5.41, 5.74) is 1.37. The molecule has 0 aliphatic carbocycles. The second kappa shape index (κ2) is 5.84. The lowest BCUT2D eigenvalue weighted by Crippen LogP contribution is -2.21. The van der Waals surface area contributed by atoms with Gasteiger partial charge in [0.2, 0.25) is 0 Å². The highest BCUT2D eigenvalue weighted by Gasteiger charge is 2.20. The zero-order chi connectivity index (χ0) is 12.1. The maximum absolute atomic E-state index is 10.4. The van der Waals surface area contributed by atoms with Gasteiger partial charge in [0, 0.05) is 5.88 Å². The van der Waals surface area contributed by atoms with Crippen LogP contribution < -0.4 is 0 Å². The van der Waals surface area contributed by atoms with E-state index in [4.69, 9.17) is 16.7 Å². The molecule has 2 atom stereocenters. The van der Waals surface area contributed by atoms with Crippen LogP contribution >= 0.6 is 11.6 Å². The van der Waals surface area contributed by atoms with Crippen molar-refractivity contribution in [3.63, 3.8) is 0 Å². The Bertz CT molecular complexity index is 350. The van der Waals surface area contributed by atoms with Crippen molar-refractivity contribution in [2.45, 2.75) is 24.5 Å². The first kappa shape index (κ1) is 13.0. The molecular weight excluding hydrogens is 232 g/mol. The Morgan fingerprint density at radius 2 is 1.81 bits per heavy atom. The van der Waals surface area contributed by atoms with Crippen molar-refractivity contribution < 1.29 is 20.1 Å². The van der Waals surface area contributed by atoms with E-state index in [1.807, 2.05) is 0 Å². The average Bonchev–Trinajstić information content (AvgIpc) is 2.27. The number of aliphatic carboxylic acids is 1. The molecule has 0 saturated carbocycles. The molecule has 1 rings (SSSR count). The summed E-state index contributed by atoms with van der Waals surface area (Å²) in [5, 5.41) is 27.5. The number of carboxylic acid groups (broad SMARTS) is 1. The Morgan fingerprint density at radius 3 is 2.25 bits per heavy atom. The lowest BCUT2D eigenvalue weighted by atomic mass is 10.0. The van der Waals surface area contributed by atoms with Crippen LogP contribution in [0.3, 0.4) is 0 Å². The second-order valence-corrected chi connectivity index (χ2v) is 3.75. The van der Waals surface area contributed by atoms with Gasteiger partial charge in [-0.05, 0) is 11.1 Å². The molecule has 0 aliphatic rings. The van der Waals surface area contributed by atoms with Crippen LogP contribution in [0.2, 0.25) is 0 Å². The second-order valence-electron chi connectivity index (χ2n) is 3.49. The molecule has 0 radical (unpaired) electrons. The number of aliphatic hydroxyl groups excluding tert-OH is 2. The summed E-state index contributed by atoms with van der Waals surface area (Å²) >= 11 is 5.60. The Balaban J connectivity index is 2.71. The zero-order valence-corrected chi connectivity index (χ0v) is 9.26. The molecule has 0 spiro atoms. The largest absolute Gasteiger partial charge is 0.481 e. The molecular formula is C11H13ClO4. The van der Waals surface area contributed by atoms with E-state index in [-0.39, 0.29) is 0 Å². The van der Waals surface area contributed by atoms with Crippen LogP contribution in [0.5, 0.6) is 0 Å². The summed E-state index contributed by atoms with van der Waals surface area (Å²) in [5.74, 6) is -0.780. The highest BCUT2D eigenvalue weighted by atomic mass is 35.5. The van der Waals surface area contributed by atoms with Gasteiger partial charge in [-0.25, -0.2) is 0 Å². The minimum atomic E-state index is -1.31. The molecule has 0 heterocycles. The summed E-state index contributed by atoms with van der Waals surface area (Å²) in [6, 6.07) is 6.68. The van der Waals surface area contributed by atoms with Gasteiger partial charge in [-0.1, -0.05) is 24.3 Å². The van der Waals surface area contributed by atoms with E-state index in [1.165, 1.54) is 0 Å². The smallest absolute Gasteiger partial charge is 0.306 e. The van der Waals surface area contributed by atoms with Gasteiger partial charge in [0.05, 0.1) is 12.5 Å². The topological polar surface area (TPSA) is 77.8 Å². The monoisotopic (exact) mass is 244 g/mol. The lowest BCUT2D eigenvalue weighted by Gasteiger charge is -2.16. The minimum Gasteiger partial charge on any atom is -0.481 e. The number of aliphatic hydroxyl groups is 2. The summed E-state index contributed by atoms with van der Waals surface area (Å²) in [6.45, 7) is 0. The van der Waals surface area contributed by atoms with Gasteiger partial charge in [0.25, 0.3) is 0 Å². The van der Waals surface area contributed by atoms with Gasteiger partial charge in [0.1, 0.15) is 6.10 Å². The number of carbonyl (C=O) groups is 1. The van der Waals surface area contributed by atoms with Crippen molar-refractivity contribution in [1.82, 2.24) is 0 Å². The highest BCUT2D eigenvalue weighted by molar-refractivity contribution is 6.17. The first-order chi connectivity index (χ1) is 7.54. The van der Waals surface area contributed by atoms with Gasteiger partial charge in [0.15, 0.2) is 0 Å². The molecule has 0 saturated heterocycles. The maximum atomic E-state index is 10.4. The number of benzene rings is 1. The molecule has 0 fully saturated rings. The molecule has 2 unspecified atom stereocenters. The van der Waals surface area contributed by atoms with Crippen LogP contribution in [0.1, 0.15) is 23.7 Å². The van der Waals surface area contributed by atoms with Crippen molar-refractivity contribution in [2.24, 2.45) is 0 Å². The van der Waals surface area contributed by atoms with Crippen molar-refractivity contribution in [2.75, 3.05) is 0 Å². The third-order valence-electron chi connectivity index (χ3n) is 2.22. The molecule has 3 N–H and O–H groups in total. The number of rotatable bonds is 5. The third kappa shape index (κ3) is 3.48. The quantitative estimate of drug-likeness (QED) is 0.682. The SMILES string of the molecule is O=C(O)CC(O)C(O)c1ccc(CCl)cc1. The third-order valence-corrected chi connectivity index (χ3v) is 2.53. The normalized spacial score (nSPS) is 14.4. The number of carboxylic acids is 1. The van der Waals surface area contributed by atoms with Crippen molar-refractivity contribution >= 4 is 17.6 Å². The molecule has 88 valence electrons. The molecule has 1 aromatic rings. The van der Waals surface area contributed by atoms with Crippen molar-refractivity contribution in [3.8, 4) is 0 Å². The van der Waals surface area contributed by atoms with E-state index in [9.17, 15) is 15.0 Å². The summed E-state index contributed by atoms with van der Waals surface area (Å²) in [4.78, 5) is 10.4. The summed E-state index contributed by atoms with van der Waals surface area (Å²) < 4.78 is 0. The molecule has 0 aromatic heterocycles. The van der Waals surface area contributed by atoms with Gasteiger partial charge >= 0.3 is 5.97 Å². The minimum absolute atomic E-state index is 0.369. The van der Waals surface area contributed by atoms with E-state index in [0.29, 0.717) is 11.4 Å². The van der Waals surface area contributed by atoms with E-state index >= 15 is 0 Å². The van der Waals surface area contributed by atoms with Crippen molar-refractivity contribution in [3.05, 3.63) is 35.4 Å². The van der Waals surface area contributed by atoms with Crippen LogP contribution in [0.25, 0.3) is 0 Å². The van der Waals surface area contributed by atoms with Crippen LogP contribution in [0.4, 0.5) is 0 Å². The first-order valence-corrected chi connectivity index (χ1v) is 5.30. The number of halogens is 1. The summed E-state index contributed by atoms with van der Waals surface area (Å²) in [6.07, 6.45) is -2.99. The fraction of sp³-hybridized carbons (Fsp3) is 0.364. The van der Waals surface area contributed by atoms with Crippen LogP contribution in [-0.2, 0) is 10.7 Å². The maximum Gasteiger partial charge on any atom is 0.306 e. The van der Waals surface area contributed by atoms with Crippen LogP contribution in [-0.4, -0.2) is 27.4 Å². The summed E-state index contributed by atoms with van der Waals surface area (Å²) in [7, 11) is 0. The molecule has 5 heteroatoms. The predicted molar refractivity (Wildman–Crippen MR) is 59.2 cm³/mol. The van der Waals surface area contributed by atoms with Gasteiger partial charge < -0.3 is 15.3 Å². The fourth-order valence-corrected chi connectivity index (χ4v) is 1.49. The fourth-order valence-electron chi connectivity index (χ4n) is 1.32. The molecule has 1 aromatic carbocycles. The number of alkyl halides is 1. The number of hydrogen-bond donors (Lipinski definition) is 3. The Kier molecular flexibility index (Phi) is 4.73. The molecule has 0 aliphatic heterocycles. The molecule has 4 nitrogen and oxygen atoms in total. The van der Waals surface area contributed by atoms with E-state index in [2.05, 4.69) is 0 Å². The van der Waals surface area contributed by atoms with E-state index in [0.717, 1.165) is 5.56 Å². The predicted octanol–water partition coefficient (Wildman–Crippen LogP) is 1.29. The van der Waals surface area contributed by atoms with Crippen molar-refractivity contribution in [1.29, 1.82) is 0 Å². The Hall–Kier alpha value is -1.10. The van der Waals surface area contributed by atoms with Gasteiger partial charge in [-0.2, -0.15) is 0 Å². The standard InChI is InChI=1S/C11H13ClO4/c12-6-7-1-3-8(4-2-7)11(16)9(13)5-10(14)15/h1-4,9,11,13,16H,5-6H2,(H,14,15). The average molecular weight is 245 g/mol. The van der Waals surface area contributed by atoms with E-state index < -0.39 is 24.6 Å².